The molecule has 13 rings (SSSR count). The van der Waals surface area contributed by atoms with Crippen molar-refractivity contribution in [3.8, 4) is 34.5 Å². The first kappa shape index (κ1) is 34.5. The summed E-state index contributed by atoms with van der Waals surface area (Å²) in [5.41, 5.74) is 9.68. The van der Waals surface area contributed by atoms with Gasteiger partial charge in [-0.3, -0.25) is 4.57 Å². The molecule has 5 heterocycles. The lowest BCUT2D eigenvalue weighted by Crippen LogP contribution is -2.25. The van der Waals surface area contributed by atoms with Gasteiger partial charge in [0.15, 0.2) is 0 Å². The summed E-state index contributed by atoms with van der Waals surface area (Å²) in [6.07, 6.45) is 1.84. The first-order valence-electron chi connectivity index (χ1n) is 26.0. The highest BCUT2D eigenvalue weighted by Gasteiger charge is 2.34. The second-order valence-corrected chi connectivity index (χ2v) is 18.8. The Morgan fingerprint density at radius 1 is 0.580 bits per heavy atom. The number of anilines is 4. The molecule has 0 aliphatic carbocycles. The summed E-state index contributed by atoms with van der Waals surface area (Å²) < 4.78 is 67.1. The van der Waals surface area contributed by atoms with Crippen LogP contribution in [0.25, 0.3) is 82.4 Å². The summed E-state index contributed by atoms with van der Waals surface area (Å²) in [6, 6.07) is 58.9. The minimum Gasteiger partial charge on any atom is -0.457 e. The van der Waals surface area contributed by atoms with Gasteiger partial charge in [-0.25, -0.2) is 4.98 Å². The molecule has 0 unspecified atom stereocenters. The highest BCUT2D eigenvalue weighted by Crippen LogP contribution is 2.54. The minimum atomic E-state index is -2.68. The van der Waals surface area contributed by atoms with Gasteiger partial charge in [-0.1, -0.05) is 106 Å². The van der Waals surface area contributed by atoms with Gasteiger partial charge in [0.1, 0.15) is 24.0 Å². The first-order valence-corrected chi connectivity index (χ1v) is 23.0. The Morgan fingerprint density at radius 3 is 1.94 bits per heavy atom. The van der Waals surface area contributed by atoms with Crippen LogP contribution in [0.4, 0.5) is 22.7 Å². The van der Waals surface area contributed by atoms with Crippen molar-refractivity contribution < 1.29 is 13.0 Å². The molecule has 0 saturated carbocycles. The molecule has 1 aliphatic rings. The molecule has 0 spiro atoms. The van der Waals surface area contributed by atoms with Crippen LogP contribution < -0.4 is 14.5 Å². The molecule has 0 N–H and O–H groups in total. The van der Waals surface area contributed by atoms with Crippen LogP contribution in [0, 0.1) is 11.3 Å². The third-order valence-electron chi connectivity index (χ3n) is 13.8. The highest BCUT2D eigenvalue weighted by atomic mass is 16.5. The zero-order valence-corrected chi connectivity index (χ0v) is 38.1. The lowest BCUT2D eigenvalue weighted by atomic mass is 9.88. The van der Waals surface area contributed by atoms with E-state index in [0.29, 0.717) is 44.8 Å². The molecule has 8 nitrogen and oxygen atoms in total. The quantitative estimate of drug-likeness (QED) is 0.166. The Bertz CT molecular complexity index is 4250. The maximum absolute atomic E-state index is 9.89. The number of aromatic nitrogens is 4. The Hall–Kier alpha value is -8.80. The third-order valence-corrected chi connectivity index (χ3v) is 13.8. The lowest BCUT2D eigenvalue weighted by molar-refractivity contribution is 0.483. The van der Waals surface area contributed by atoms with E-state index in [0.717, 1.165) is 82.9 Å². The molecule has 0 bridgehead atoms. The smallest absolute Gasteiger partial charge is 0.137 e. The van der Waals surface area contributed by atoms with Crippen molar-refractivity contribution in [2.45, 2.75) is 26.2 Å². The molecule has 0 atom stereocenters. The SMILES string of the molecule is [2H]C([2H])([2H])n1c2ccccc2c2c(-c3ccccc3)c3c4ccccc4n(C([2H])([2H])[2H])c3c(N3CN(c4cccc(Oc5ccc6c7cc(C#N)ccc7n(-c7cc(C(C)(C)C)ccn7)c6c5)c4)c4ccccc43)c21. The van der Waals surface area contributed by atoms with E-state index in [-0.39, 0.29) is 12.1 Å². The van der Waals surface area contributed by atoms with Crippen molar-refractivity contribution in [3.63, 3.8) is 0 Å². The van der Waals surface area contributed by atoms with Crippen LogP contribution in [0.3, 0.4) is 0 Å². The standard InChI is InChI=1S/C61H47N7O/c1-61(2,3)40-30-31-63-54(33-40)68-50-29-26-38(36-62)32-47(50)44-28-27-43(35-53(44)68)69-42-19-15-18-41(34-42)66-37-67(52-25-14-13-24-51(52)66)60-58-56(45-20-9-11-22-48(45)64(58)4)55(39-16-7-6-8-17-39)57-46-21-10-12-23-49(46)65(5)59(57)60/h6-35H,37H2,1-5H3/i4D3,5D3. The molecule has 4 aromatic heterocycles. The molecule has 0 radical (unpaired) electrons. The van der Waals surface area contributed by atoms with Crippen molar-refractivity contribution >= 4 is 88.2 Å². The molecule has 8 aromatic carbocycles. The van der Waals surface area contributed by atoms with Gasteiger partial charge in [0.2, 0.25) is 0 Å². The van der Waals surface area contributed by atoms with Gasteiger partial charge in [0.25, 0.3) is 0 Å². The summed E-state index contributed by atoms with van der Waals surface area (Å²) in [5, 5.41) is 14.7. The summed E-state index contributed by atoms with van der Waals surface area (Å²) in [6.45, 7) is 1.37. The van der Waals surface area contributed by atoms with Gasteiger partial charge in [-0.2, -0.15) is 5.26 Å². The van der Waals surface area contributed by atoms with Crippen molar-refractivity contribution in [2.75, 3.05) is 16.5 Å². The van der Waals surface area contributed by atoms with Gasteiger partial charge in [0, 0.05) is 95.1 Å². The zero-order chi connectivity index (χ0) is 51.7. The molecule has 8 heteroatoms. The number of rotatable bonds is 6. The van der Waals surface area contributed by atoms with Crippen LogP contribution in [0.5, 0.6) is 11.5 Å². The van der Waals surface area contributed by atoms with Gasteiger partial charge in [-0.15, -0.1) is 0 Å². The number of aryl methyl sites for hydroxylation is 2. The first-order chi connectivity index (χ1) is 36.1. The Balaban J connectivity index is 1.00. The van der Waals surface area contributed by atoms with Crippen LogP contribution in [0.15, 0.2) is 182 Å². The van der Waals surface area contributed by atoms with E-state index in [1.807, 2.05) is 176 Å². The number of nitriles is 1. The van der Waals surface area contributed by atoms with Crippen LogP contribution in [0.1, 0.15) is 40.1 Å². The molecule has 0 fully saturated rings. The van der Waals surface area contributed by atoms with E-state index in [4.69, 9.17) is 9.72 Å². The summed E-state index contributed by atoms with van der Waals surface area (Å²) in [5.74, 6) is 1.93. The average molecular weight is 900 g/mol. The number of nitrogens with zero attached hydrogens (tertiary/aromatic N) is 7. The maximum atomic E-state index is 9.89. The fraction of sp³-hybridized carbons (Fsp3) is 0.115. The van der Waals surface area contributed by atoms with E-state index < -0.39 is 14.0 Å². The van der Waals surface area contributed by atoms with Crippen molar-refractivity contribution in [1.29, 1.82) is 5.26 Å². The molecule has 332 valence electrons. The van der Waals surface area contributed by atoms with E-state index in [2.05, 4.69) is 47.3 Å². The maximum Gasteiger partial charge on any atom is 0.137 e. The number of hydrogen-bond acceptors (Lipinski definition) is 5. The van der Waals surface area contributed by atoms with Crippen LogP contribution in [0.2, 0.25) is 0 Å². The molecule has 0 amide bonds. The monoisotopic (exact) mass is 899 g/mol. The summed E-state index contributed by atoms with van der Waals surface area (Å²) in [7, 11) is 0. The number of ether oxygens (including phenoxy) is 1. The normalized spacial score (nSPS) is 14.5. The molecular formula is C61H47N7O. The van der Waals surface area contributed by atoms with Crippen molar-refractivity contribution in [3.05, 3.63) is 193 Å². The minimum absolute atomic E-state index is 0.114. The van der Waals surface area contributed by atoms with E-state index >= 15 is 0 Å². The second kappa shape index (κ2) is 15.1. The largest absolute Gasteiger partial charge is 0.457 e. The van der Waals surface area contributed by atoms with Crippen molar-refractivity contribution in [2.24, 2.45) is 14.0 Å². The predicted octanol–water partition coefficient (Wildman–Crippen LogP) is 15.3. The number of benzene rings is 8. The Kier molecular flexibility index (Phi) is 7.56. The molecule has 1 aliphatic heterocycles. The number of fused-ring (bicyclic) bond motifs is 10. The second-order valence-electron chi connectivity index (χ2n) is 18.8. The van der Waals surface area contributed by atoms with Gasteiger partial charge >= 0.3 is 0 Å². The van der Waals surface area contributed by atoms with E-state index in [1.54, 1.807) is 0 Å². The van der Waals surface area contributed by atoms with Gasteiger partial charge in [-0.05, 0) is 95.4 Å². The van der Waals surface area contributed by atoms with Crippen LogP contribution in [-0.2, 0) is 19.4 Å². The fourth-order valence-corrected chi connectivity index (χ4v) is 10.7. The molecular weight excluding hydrogens is 847 g/mol. The summed E-state index contributed by atoms with van der Waals surface area (Å²) >= 11 is 0. The van der Waals surface area contributed by atoms with Crippen LogP contribution in [-0.4, -0.2) is 25.4 Å². The molecule has 69 heavy (non-hydrogen) atoms. The number of pyridine rings is 1. The third kappa shape index (κ3) is 6.10. The zero-order valence-electron chi connectivity index (χ0n) is 44.1. The fourth-order valence-electron chi connectivity index (χ4n) is 10.7. The molecule has 0 saturated heterocycles. The Labute approximate surface area is 408 Å². The summed E-state index contributed by atoms with van der Waals surface area (Å²) in [4.78, 5) is 9.08. The van der Waals surface area contributed by atoms with E-state index in [1.165, 1.54) is 9.13 Å². The number of para-hydroxylation sites is 4. The average Bonchev–Trinajstić information content (AvgIpc) is 4.15. The lowest BCUT2D eigenvalue weighted by Gasteiger charge is -2.26. The Morgan fingerprint density at radius 2 is 1.25 bits per heavy atom. The van der Waals surface area contributed by atoms with Gasteiger partial charge in [0.05, 0.1) is 50.8 Å². The molecule has 12 aromatic rings. The van der Waals surface area contributed by atoms with Gasteiger partial charge < -0.3 is 23.7 Å². The number of hydrogen-bond donors (Lipinski definition) is 0. The van der Waals surface area contributed by atoms with E-state index in [9.17, 15) is 13.5 Å². The highest BCUT2D eigenvalue weighted by molar-refractivity contribution is 6.33. The predicted molar refractivity (Wildman–Crippen MR) is 284 cm³/mol. The van der Waals surface area contributed by atoms with Crippen LogP contribution >= 0.6 is 0 Å². The van der Waals surface area contributed by atoms with Crippen molar-refractivity contribution in [1.82, 2.24) is 18.7 Å². The topological polar surface area (TPSA) is 67.2 Å².